The summed E-state index contributed by atoms with van der Waals surface area (Å²) in [4.78, 5) is 3.91. The zero-order valence-corrected chi connectivity index (χ0v) is 12.2. The van der Waals surface area contributed by atoms with E-state index in [-0.39, 0.29) is 5.03 Å². The van der Waals surface area contributed by atoms with Gasteiger partial charge in [-0.2, -0.15) is 0 Å². The van der Waals surface area contributed by atoms with Crippen molar-refractivity contribution < 1.29 is 13.2 Å². The molecule has 1 aliphatic rings. The number of aromatic nitrogens is 1. The van der Waals surface area contributed by atoms with Gasteiger partial charge in [0.25, 0.3) is 0 Å². The number of allylic oxidation sites excluding steroid dienone is 4. The molecule has 0 aliphatic heterocycles. The first kappa shape index (κ1) is 13.3. The third-order valence-corrected chi connectivity index (χ3v) is 3.72. The first-order valence-electron chi connectivity index (χ1n) is 5.36. The quantitative estimate of drug-likeness (QED) is 0.800. The summed E-state index contributed by atoms with van der Waals surface area (Å²) < 4.78 is 29.0. The van der Waals surface area contributed by atoms with Crippen molar-refractivity contribution in [2.45, 2.75) is 17.9 Å². The van der Waals surface area contributed by atoms with Gasteiger partial charge >= 0.3 is 0 Å². The summed E-state index contributed by atoms with van der Waals surface area (Å²) in [6.45, 7) is 0. The van der Waals surface area contributed by atoms with E-state index in [4.69, 9.17) is 4.74 Å². The highest BCUT2D eigenvalue weighted by Crippen LogP contribution is 2.24. The molecule has 0 atom stereocenters. The molecule has 96 valence electrons. The summed E-state index contributed by atoms with van der Waals surface area (Å²) in [6.07, 6.45) is 8.71. The molecule has 1 aromatic rings. The molecular weight excluding hydrogens is 318 g/mol. The Hall–Kier alpha value is -1.14. The average Bonchev–Trinajstić information content (AvgIpc) is 2.28. The molecule has 4 nitrogen and oxygen atoms in total. The molecule has 1 aromatic heterocycles. The topological polar surface area (TPSA) is 56.3 Å². The SMILES string of the molecule is CS(=O)(=O)c1cc(OC2=CC=CCC2)cc(Br)n1. The van der Waals surface area contributed by atoms with Crippen molar-refractivity contribution >= 4 is 25.8 Å². The second-order valence-electron chi connectivity index (χ2n) is 3.94. The van der Waals surface area contributed by atoms with Crippen LogP contribution in [0.2, 0.25) is 0 Å². The van der Waals surface area contributed by atoms with Crippen molar-refractivity contribution in [2.24, 2.45) is 0 Å². The number of pyridine rings is 1. The average molecular weight is 330 g/mol. The van der Waals surface area contributed by atoms with Gasteiger partial charge in [0.15, 0.2) is 14.9 Å². The van der Waals surface area contributed by atoms with E-state index in [1.54, 1.807) is 6.07 Å². The fourth-order valence-electron chi connectivity index (χ4n) is 1.52. The van der Waals surface area contributed by atoms with E-state index in [0.717, 1.165) is 24.9 Å². The van der Waals surface area contributed by atoms with Crippen molar-refractivity contribution in [2.75, 3.05) is 6.26 Å². The number of halogens is 1. The highest BCUT2D eigenvalue weighted by atomic mass is 79.9. The van der Waals surface area contributed by atoms with E-state index in [0.29, 0.717) is 10.4 Å². The van der Waals surface area contributed by atoms with Crippen LogP contribution in [0, 0.1) is 0 Å². The highest BCUT2D eigenvalue weighted by molar-refractivity contribution is 9.10. The molecule has 0 spiro atoms. The molecule has 1 aliphatic carbocycles. The summed E-state index contributed by atoms with van der Waals surface area (Å²) in [5.41, 5.74) is 0. The Bertz CT molecular complexity index is 620. The van der Waals surface area contributed by atoms with Crippen LogP contribution in [-0.2, 0) is 9.84 Å². The van der Waals surface area contributed by atoms with Crippen LogP contribution in [0.4, 0.5) is 0 Å². The Balaban J connectivity index is 2.31. The van der Waals surface area contributed by atoms with Crippen LogP contribution in [0.25, 0.3) is 0 Å². The standard InChI is InChI=1S/C12H12BrNO3S/c1-18(15,16)12-8-10(7-11(13)14-12)17-9-5-3-2-4-6-9/h2-3,5,7-8H,4,6H2,1H3. The number of hydrogen-bond donors (Lipinski definition) is 0. The van der Waals surface area contributed by atoms with Gasteiger partial charge in [-0.25, -0.2) is 13.4 Å². The zero-order chi connectivity index (χ0) is 13.2. The van der Waals surface area contributed by atoms with Crippen LogP contribution in [0.1, 0.15) is 12.8 Å². The van der Waals surface area contributed by atoms with Gasteiger partial charge in [0.1, 0.15) is 16.1 Å². The van der Waals surface area contributed by atoms with Crippen molar-refractivity contribution in [3.63, 3.8) is 0 Å². The number of hydrogen-bond acceptors (Lipinski definition) is 4. The fraction of sp³-hybridized carbons (Fsp3) is 0.250. The minimum absolute atomic E-state index is 0.00109. The third kappa shape index (κ3) is 3.43. The molecule has 18 heavy (non-hydrogen) atoms. The minimum Gasteiger partial charge on any atom is -0.462 e. The smallest absolute Gasteiger partial charge is 0.192 e. The van der Waals surface area contributed by atoms with Crippen molar-refractivity contribution in [3.8, 4) is 5.75 Å². The molecule has 6 heteroatoms. The van der Waals surface area contributed by atoms with Gasteiger partial charge in [-0.15, -0.1) is 0 Å². The van der Waals surface area contributed by atoms with Crippen LogP contribution in [0.5, 0.6) is 5.75 Å². The van der Waals surface area contributed by atoms with Crippen molar-refractivity contribution in [1.29, 1.82) is 0 Å². The summed E-state index contributed by atoms with van der Waals surface area (Å²) >= 11 is 3.18. The summed E-state index contributed by atoms with van der Waals surface area (Å²) in [7, 11) is -3.34. The molecule has 2 rings (SSSR count). The molecule has 0 aromatic carbocycles. The van der Waals surface area contributed by atoms with Gasteiger partial charge in [0, 0.05) is 24.8 Å². The molecule has 0 amide bonds. The number of ether oxygens (including phenoxy) is 1. The molecule has 0 bridgehead atoms. The van der Waals surface area contributed by atoms with Crippen LogP contribution >= 0.6 is 15.9 Å². The summed E-state index contributed by atoms with van der Waals surface area (Å²) in [5.74, 6) is 1.29. The van der Waals surface area contributed by atoms with Crippen LogP contribution in [-0.4, -0.2) is 19.7 Å². The largest absolute Gasteiger partial charge is 0.462 e. The van der Waals surface area contributed by atoms with Gasteiger partial charge in [-0.1, -0.05) is 12.2 Å². The lowest BCUT2D eigenvalue weighted by molar-refractivity contribution is 0.400. The van der Waals surface area contributed by atoms with E-state index in [2.05, 4.69) is 27.0 Å². The van der Waals surface area contributed by atoms with Crippen molar-refractivity contribution in [3.05, 3.63) is 40.7 Å². The first-order valence-corrected chi connectivity index (χ1v) is 8.05. The second kappa shape index (κ2) is 5.24. The lowest BCUT2D eigenvalue weighted by Gasteiger charge is -2.12. The second-order valence-corrected chi connectivity index (χ2v) is 6.71. The molecule has 0 saturated heterocycles. The number of rotatable bonds is 3. The monoisotopic (exact) mass is 329 g/mol. The Morgan fingerprint density at radius 2 is 2.17 bits per heavy atom. The van der Waals surface area contributed by atoms with Crippen LogP contribution in [0.3, 0.4) is 0 Å². The molecule has 0 unspecified atom stereocenters. The van der Waals surface area contributed by atoms with E-state index >= 15 is 0 Å². The predicted octanol–water partition coefficient (Wildman–Crippen LogP) is 2.86. The van der Waals surface area contributed by atoms with E-state index in [1.807, 2.05) is 12.2 Å². The van der Waals surface area contributed by atoms with Crippen LogP contribution in [0.15, 0.2) is 45.7 Å². The first-order chi connectivity index (χ1) is 8.45. The maximum atomic E-state index is 11.5. The molecule has 0 N–H and O–H groups in total. The zero-order valence-electron chi connectivity index (χ0n) is 9.76. The predicted molar refractivity (Wildman–Crippen MR) is 72.1 cm³/mol. The van der Waals surface area contributed by atoms with Gasteiger partial charge < -0.3 is 4.74 Å². The van der Waals surface area contributed by atoms with Crippen LogP contribution < -0.4 is 4.74 Å². The highest BCUT2D eigenvalue weighted by Gasteiger charge is 2.13. The maximum absolute atomic E-state index is 11.5. The maximum Gasteiger partial charge on any atom is 0.192 e. The number of nitrogens with zero attached hydrogens (tertiary/aromatic N) is 1. The number of sulfone groups is 1. The Morgan fingerprint density at radius 3 is 2.78 bits per heavy atom. The summed E-state index contributed by atoms with van der Waals surface area (Å²) in [5, 5.41) is -0.00109. The Morgan fingerprint density at radius 1 is 1.39 bits per heavy atom. The molecule has 1 heterocycles. The van der Waals surface area contributed by atoms with Gasteiger partial charge in [0.2, 0.25) is 0 Å². The molecule has 0 saturated carbocycles. The Kier molecular flexibility index (Phi) is 3.87. The minimum atomic E-state index is -3.34. The lowest BCUT2D eigenvalue weighted by atomic mass is 10.2. The molecule has 0 radical (unpaired) electrons. The Labute approximate surface area is 114 Å². The van der Waals surface area contributed by atoms with E-state index in [1.165, 1.54) is 6.07 Å². The van der Waals surface area contributed by atoms with Gasteiger partial charge in [-0.05, 0) is 28.4 Å². The molecule has 0 fully saturated rings. The van der Waals surface area contributed by atoms with Gasteiger partial charge in [-0.3, -0.25) is 0 Å². The normalized spacial score (nSPS) is 15.3. The van der Waals surface area contributed by atoms with E-state index < -0.39 is 9.84 Å². The van der Waals surface area contributed by atoms with Gasteiger partial charge in [0.05, 0.1) is 0 Å². The fourth-order valence-corrected chi connectivity index (χ4v) is 2.64. The third-order valence-electron chi connectivity index (χ3n) is 2.35. The molecular formula is C12H12BrNO3S. The van der Waals surface area contributed by atoms with Crippen molar-refractivity contribution in [1.82, 2.24) is 4.98 Å². The lowest BCUT2D eigenvalue weighted by Crippen LogP contribution is -2.03. The summed E-state index contributed by atoms with van der Waals surface area (Å²) in [6, 6.07) is 3.08. The van der Waals surface area contributed by atoms with E-state index in [9.17, 15) is 8.42 Å².